The van der Waals surface area contributed by atoms with Crippen LogP contribution in [0.1, 0.15) is 38.5 Å². The van der Waals surface area contributed by atoms with Gasteiger partial charge in [-0.3, -0.25) is 9.78 Å². The van der Waals surface area contributed by atoms with Gasteiger partial charge in [-0.15, -0.1) is 0 Å². The van der Waals surface area contributed by atoms with Crippen molar-refractivity contribution in [2.24, 2.45) is 11.8 Å². The molecule has 1 aliphatic carbocycles. The van der Waals surface area contributed by atoms with Gasteiger partial charge in [0.15, 0.2) is 0 Å². The second-order valence-corrected chi connectivity index (χ2v) is 8.57. The summed E-state index contributed by atoms with van der Waals surface area (Å²) in [5.74, 6) is 1.19. The highest BCUT2D eigenvalue weighted by atomic mass is 32.2. The van der Waals surface area contributed by atoms with E-state index in [1.807, 2.05) is 4.90 Å². The van der Waals surface area contributed by atoms with Crippen LogP contribution in [0.2, 0.25) is 0 Å². The zero-order valence-corrected chi connectivity index (χ0v) is 14.7. The number of aromatic nitrogens is 1. The molecule has 2 aliphatic rings. The molecule has 1 atom stereocenters. The van der Waals surface area contributed by atoms with E-state index in [9.17, 15) is 13.2 Å². The Balaban J connectivity index is 1.51. The van der Waals surface area contributed by atoms with E-state index in [1.165, 1.54) is 50.6 Å². The lowest BCUT2D eigenvalue weighted by atomic mass is 9.80. The van der Waals surface area contributed by atoms with Crippen LogP contribution in [-0.4, -0.2) is 43.8 Å². The van der Waals surface area contributed by atoms with E-state index in [4.69, 9.17) is 0 Å². The van der Waals surface area contributed by atoms with E-state index in [-0.39, 0.29) is 17.3 Å². The third kappa shape index (κ3) is 4.13. The van der Waals surface area contributed by atoms with E-state index < -0.39 is 10.0 Å². The fourth-order valence-electron chi connectivity index (χ4n) is 3.86. The Morgan fingerprint density at radius 1 is 1.21 bits per heavy atom. The molecule has 6 nitrogen and oxygen atoms in total. The lowest BCUT2D eigenvalue weighted by Crippen LogP contribution is -2.39. The van der Waals surface area contributed by atoms with Crippen LogP contribution in [0.4, 0.5) is 0 Å². The molecule has 132 valence electrons. The molecule has 1 aromatic heterocycles. The van der Waals surface area contributed by atoms with Gasteiger partial charge in [-0.05, 0) is 30.4 Å². The highest BCUT2D eigenvalue weighted by Crippen LogP contribution is 2.34. The third-order valence-corrected chi connectivity index (χ3v) is 6.64. The van der Waals surface area contributed by atoms with Crippen molar-refractivity contribution in [3.8, 4) is 0 Å². The SMILES string of the molecule is O=C(CNS(=O)(=O)c1cccnc1)N1CCC(C2CCCCC2)C1. The minimum absolute atomic E-state index is 0.0827. The van der Waals surface area contributed by atoms with E-state index >= 15 is 0 Å². The Labute approximate surface area is 143 Å². The number of carbonyl (C=O) groups is 1. The molecule has 1 aromatic rings. The highest BCUT2D eigenvalue weighted by molar-refractivity contribution is 7.89. The maximum Gasteiger partial charge on any atom is 0.242 e. The number of nitrogens with zero attached hydrogens (tertiary/aromatic N) is 2. The Hall–Kier alpha value is -1.47. The van der Waals surface area contributed by atoms with Crippen molar-refractivity contribution in [3.05, 3.63) is 24.5 Å². The van der Waals surface area contributed by atoms with Crippen LogP contribution in [-0.2, 0) is 14.8 Å². The first-order valence-corrected chi connectivity index (χ1v) is 10.2. The summed E-state index contributed by atoms with van der Waals surface area (Å²) in [7, 11) is -3.68. The van der Waals surface area contributed by atoms with Crippen molar-refractivity contribution in [2.45, 2.75) is 43.4 Å². The van der Waals surface area contributed by atoms with Crippen molar-refractivity contribution in [1.82, 2.24) is 14.6 Å². The number of amides is 1. The van der Waals surface area contributed by atoms with Crippen molar-refractivity contribution >= 4 is 15.9 Å². The summed E-state index contributed by atoms with van der Waals surface area (Å²) in [4.78, 5) is 18.0. The number of likely N-dealkylation sites (tertiary alicyclic amines) is 1. The van der Waals surface area contributed by atoms with Crippen LogP contribution in [0.15, 0.2) is 29.4 Å². The Morgan fingerprint density at radius 2 is 2.00 bits per heavy atom. The molecule has 0 spiro atoms. The van der Waals surface area contributed by atoms with Gasteiger partial charge < -0.3 is 4.90 Å². The van der Waals surface area contributed by atoms with Crippen molar-refractivity contribution in [1.29, 1.82) is 0 Å². The minimum Gasteiger partial charge on any atom is -0.341 e. The first-order valence-electron chi connectivity index (χ1n) is 8.74. The Bertz CT molecular complexity index is 657. The summed E-state index contributed by atoms with van der Waals surface area (Å²) < 4.78 is 26.7. The molecule has 1 aliphatic heterocycles. The van der Waals surface area contributed by atoms with Crippen LogP contribution in [0.3, 0.4) is 0 Å². The number of rotatable bonds is 5. The normalized spacial score (nSPS) is 22.7. The lowest BCUT2D eigenvalue weighted by Gasteiger charge is -2.27. The highest BCUT2D eigenvalue weighted by Gasteiger charge is 2.32. The predicted molar refractivity (Wildman–Crippen MR) is 90.7 cm³/mol. The van der Waals surface area contributed by atoms with Gasteiger partial charge in [0.1, 0.15) is 4.90 Å². The summed E-state index contributed by atoms with van der Waals surface area (Å²) in [6.45, 7) is 1.33. The van der Waals surface area contributed by atoms with Gasteiger partial charge in [0.2, 0.25) is 15.9 Å². The quantitative estimate of drug-likeness (QED) is 0.877. The van der Waals surface area contributed by atoms with Gasteiger partial charge in [-0.1, -0.05) is 32.1 Å². The van der Waals surface area contributed by atoms with Crippen LogP contribution in [0.25, 0.3) is 0 Å². The number of carbonyl (C=O) groups excluding carboxylic acids is 1. The fourth-order valence-corrected chi connectivity index (χ4v) is 4.80. The molecular weight excluding hydrogens is 326 g/mol. The number of hydrogen-bond acceptors (Lipinski definition) is 4. The van der Waals surface area contributed by atoms with Gasteiger partial charge in [-0.25, -0.2) is 13.1 Å². The van der Waals surface area contributed by atoms with Crippen molar-refractivity contribution in [2.75, 3.05) is 19.6 Å². The Kier molecular flexibility index (Phi) is 5.50. The molecule has 3 rings (SSSR count). The van der Waals surface area contributed by atoms with Crippen molar-refractivity contribution in [3.63, 3.8) is 0 Å². The third-order valence-electron chi connectivity index (χ3n) is 5.25. The second kappa shape index (κ2) is 7.61. The molecule has 24 heavy (non-hydrogen) atoms. The van der Waals surface area contributed by atoms with Gasteiger partial charge in [0, 0.05) is 25.5 Å². The summed E-state index contributed by atoms with van der Waals surface area (Å²) in [5, 5.41) is 0. The van der Waals surface area contributed by atoms with Gasteiger partial charge in [-0.2, -0.15) is 0 Å². The molecule has 2 heterocycles. The molecule has 1 unspecified atom stereocenters. The minimum atomic E-state index is -3.68. The number of sulfonamides is 1. The predicted octanol–water partition coefficient (Wildman–Crippen LogP) is 1.79. The molecular formula is C17H25N3O3S. The van der Waals surface area contributed by atoms with Crippen LogP contribution >= 0.6 is 0 Å². The number of nitrogens with one attached hydrogen (secondary N) is 1. The smallest absolute Gasteiger partial charge is 0.242 e. The topological polar surface area (TPSA) is 79.4 Å². The monoisotopic (exact) mass is 351 g/mol. The zero-order valence-electron chi connectivity index (χ0n) is 13.9. The molecule has 0 bridgehead atoms. The molecule has 0 radical (unpaired) electrons. The molecule has 1 saturated heterocycles. The number of hydrogen-bond donors (Lipinski definition) is 1. The van der Waals surface area contributed by atoms with Gasteiger partial charge in [0.25, 0.3) is 0 Å². The maximum absolute atomic E-state index is 12.3. The summed E-state index contributed by atoms with van der Waals surface area (Å²) in [6.07, 6.45) is 10.3. The fraction of sp³-hybridized carbons (Fsp3) is 0.647. The average molecular weight is 351 g/mol. The van der Waals surface area contributed by atoms with E-state index in [0.29, 0.717) is 5.92 Å². The first-order chi connectivity index (χ1) is 11.6. The number of pyridine rings is 1. The standard InChI is InChI=1S/C17H25N3O3S/c21-17(12-19-24(22,23)16-7-4-9-18-11-16)20-10-8-15(13-20)14-5-2-1-3-6-14/h4,7,9,11,14-15,19H,1-3,5-6,8,10,12-13H2. The molecule has 0 aromatic carbocycles. The van der Waals surface area contributed by atoms with Crippen LogP contribution in [0.5, 0.6) is 0 Å². The van der Waals surface area contributed by atoms with Gasteiger partial charge >= 0.3 is 0 Å². The maximum atomic E-state index is 12.3. The first kappa shape index (κ1) is 17.4. The van der Waals surface area contributed by atoms with E-state index in [0.717, 1.165) is 25.4 Å². The van der Waals surface area contributed by atoms with Crippen LogP contribution in [0, 0.1) is 11.8 Å². The molecule has 1 N–H and O–H groups in total. The molecule has 7 heteroatoms. The zero-order chi connectivity index (χ0) is 17.0. The van der Waals surface area contributed by atoms with E-state index in [2.05, 4.69) is 9.71 Å². The van der Waals surface area contributed by atoms with Gasteiger partial charge in [0.05, 0.1) is 6.54 Å². The van der Waals surface area contributed by atoms with Crippen molar-refractivity contribution < 1.29 is 13.2 Å². The summed E-state index contributed by atoms with van der Waals surface area (Å²) >= 11 is 0. The average Bonchev–Trinajstić information content (AvgIpc) is 3.11. The lowest BCUT2D eigenvalue weighted by molar-refractivity contribution is -0.129. The van der Waals surface area contributed by atoms with E-state index in [1.54, 1.807) is 6.07 Å². The summed E-state index contributed by atoms with van der Waals surface area (Å²) in [6, 6.07) is 3.03. The largest absolute Gasteiger partial charge is 0.341 e. The molecule has 1 saturated carbocycles. The Morgan fingerprint density at radius 3 is 2.71 bits per heavy atom. The summed E-state index contributed by atoms with van der Waals surface area (Å²) in [5.41, 5.74) is 0. The molecule has 2 fully saturated rings. The second-order valence-electron chi connectivity index (χ2n) is 6.80. The van der Waals surface area contributed by atoms with Crippen LogP contribution < -0.4 is 4.72 Å². The molecule has 1 amide bonds.